The van der Waals surface area contributed by atoms with Gasteiger partial charge in [0.25, 0.3) is 0 Å². The zero-order valence-electron chi connectivity index (χ0n) is 11.6. The summed E-state index contributed by atoms with van der Waals surface area (Å²) < 4.78 is 0. The second kappa shape index (κ2) is 6.67. The van der Waals surface area contributed by atoms with Crippen molar-refractivity contribution < 1.29 is 14.7 Å². The molecule has 4 nitrogen and oxygen atoms in total. The Hall–Kier alpha value is -1.26. The highest BCUT2D eigenvalue weighted by Gasteiger charge is 2.42. The van der Waals surface area contributed by atoms with Crippen molar-refractivity contribution in [2.45, 2.75) is 26.2 Å². The number of hydrogen-bond donors (Lipinski definition) is 2. The molecule has 0 spiro atoms. The van der Waals surface area contributed by atoms with Gasteiger partial charge in [0.05, 0.1) is 22.5 Å². The van der Waals surface area contributed by atoms with Crippen LogP contribution in [0.4, 0.5) is 5.69 Å². The number of carboxylic acid groups (broad SMARTS) is 1. The van der Waals surface area contributed by atoms with Crippen LogP contribution in [0.15, 0.2) is 18.2 Å². The highest BCUT2D eigenvalue weighted by molar-refractivity contribution is 6.36. The molecule has 0 aliphatic heterocycles. The molecule has 0 saturated heterocycles. The third kappa shape index (κ3) is 3.69. The average molecular weight is 330 g/mol. The van der Waals surface area contributed by atoms with Crippen molar-refractivity contribution >= 4 is 40.8 Å². The fraction of sp³-hybridized carbons (Fsp3) is 0.467. The molecule has 21 heavy (non-hydrogen) atoms. The van der Waals surface area contributed by atoms with Gasteiger partial charge in [0.15, 0.2) is 0 Å². The molecule has 0 aromatic heterocycles. The minimum absolute atomic E-state index is 0.280. The fourth-order valence-electron chi connectivity index (χ4n) is 2.86. The molecule has 2 N–H and O–H groups in total. The van der Waals surface area contributed by atoms with Crippen LogP contribution in [-0.2, 0) is 9.59 Å². The topological polar surface area (TPSA) is 66.4 Å². The maximum Gasteiger partial charge on any atom is 0.307 e. The van der Waals surface area contributed by atoms with Crippen LogP contribution in [0.5, 0.6) is 0 Å². The SMILES string of the molecule is CCC1CC(C(=O)O)C(C(=O)Nc2ccc(Cl)cc2Cl)C1. The minimum Gasteiger partial charge on any atom is -0.481 e. The molecular formula is C15H17Cl2NO3. The van der Waals surface area contributed by atoms with Gasteiger partial charge in [-0.25, -0.2) is 0 Å². The number of amides is 1. The molecule has 1 saturated carbocycles. The molecule has 1 aromatic rings. The number of anilines is 1. The maximum atomic E-state index is 12.4. The van der Waals surface area contributed by atoms with E-state index in [0.29, 0.717) is 28.6 Å². The van der Waals surface area contributed by atoms with Crippen LogP contribution in [0, 0.1) is 17.8 Å². The highest BCUT2D eigenvalue weighted by atomic mass is 35.5. The lowest BCUT2D eigenvalue weighted by Gasteiger charge is -2.16. The average Bonchev–Trinajstić information content (AvgIpc) is 2.86. The number of hydrogen-bond acceptors (Lipinski definition) is 2. The first-order valence-corrected chi connectivity index (χ1v) is 7.66. The molecule has 2 rings (SSSR count). The Morgan fingerprint density at radius 1 is 1.29 bits per heavy atom. The summed E-state index contributed by atoms with van der Waals surface area (Å²) in [6.45, 7) is 2.01. The van der Waals surface area contributed by atoms with Gasteiger partial charge in [-0.2, -0.15) is 0 Å². The zero-order valence-corrected chi connectivity index (χ0v) is 13.1. The Balaban J connectivity index is 2.13. The predicted molar refractivity (Wildman–Crippen MR) is 82.7 cm³/mol. The third-order valence-electron chi connectivity index (χ3n) is 4.08. The van der Waals surface area contributed by atoms with E-state index >= 15 is 0 Å². The van der Waals surface area contributed by atoms with Crippen LogP contribution in [0.1, 0.15) is 26.2 Å². The van der Waals surface area contributed by atoms with Crippen molar-refractivity contribution in [1.29, 1.82) is 0 Å². The lowest BCUT2D eigenvalue weighted by Crippen LogP contribution is -2.30. The van der Waals surface area contributed by atoms with Crippen LogP contribution in [0.2, 0.25) is 10.0 Å². The number of carbonyl (C=O) groups is 2. The molecule has 0 radical (unpaired) electrons. The van der Waals surface area contributed by atoms with Gasteiger partial charge in [-0.05, 0) is 37.0 Å². The Morgan fingerprint density at radius 2 is 1.95 bits per heavy atom. The maximum absolute atomic E-state index is 12.4. The van der Waals surface area contributed by atoms with Crippen molar-refractivity contribution in [1.82, 2.24) is 0 Å². The smallest absolute Gasteiger partial charge is 0.307 e. The molecular weight excluding hydrogens is 313 g/mol. The summed E-state index contributed by atoms with van der Waals surface area (Å²) >= 11 is 11.8. The van der Waals surface area contributed by atoms with Gasteiger partial charge in [-0.3, -0.25) is 9.59 Å². The zero-order chi connectivity index (χ0) is 15.6. The number of benzene rings is 1. The van der Waals surface area contributed by atoms with E-state index in [-0.39, 0.29) is 11.8 Å². The molecule has 1 fully saturated rings. The monoisotopic (exact) mass is 329 g/mol. The van der Waals surface area contributed by atoms with E-state index in [0.717, 1.165) is 6.42 Å². The number of halogens is 2. The summed E-state index contributed by atoms with van der Waals surface area (Å²) in [4.78, 5) is 23.7. The van der Waals surface area contributed by atoms with Crippen LogP contribution >= 0.6 is 23.2 Å². The van der Waals surface area contributed by atoms with Gasteiger partial charge in [-0.1, -0.05) is 36.5 Å². The Kier molecular flexibility index (Phi) is 5.12. The summed E-state index contributed by atoms with van der Waals surface area (Å²) in [5.74, 6) is -2.06. The van der Waals surface area contributed by atoms with Gasteiger partial charge < -0.3 is 10.4 Å². The number of carboxylic acids is 1. The summed E-state index contributed by atoms with van der Waals surface area (Å²) in [6, 6.07) is 4.78. The quantitative estimate of drug-likeness (QED) is 0.874. The summed E-state index contributed by atoms with van der Waals surface area (Å²) in [7, 11) is 0. The summed E-state index contributed by atoms with van der Waals surface area (Å²) in [5, 5.41) is 12.8. The first-order valence-electron chi connectivity index (χ1n) is 6.91. The Bertz CT molecular complexity index is 562. The normalized spacial score (nSPS) is 24.8. The van der Waals surface area contributed by atoms with E-state index in [1.165, 1.54) is 6.07 Å². The van der Waals surface area contributed by atoms with Crippen LogP contribution < -0.4 is 5.32 Å². The fourth-order valence-corrected chi connectivity index (χ4v) is 3.31. The van der Waals surface area contributed by atoms with Crippen molar-refractivity contribution in [2.24, 2.45) is 17.8 Å². The van der Waals surface area contributed by atoms with E-state index in [1.807, 2.05) is 6.92 Å². The highest BCUT2D eigenvalue weighted by Crippen LogP contribution is 2.39. The number of carbonyl (C=O) groups excluding carboxylic acids is 1. The van der Waals surface area contributed by atoms with Gasteiger partial charge in [-0.15, -0.1) is 0 Å². The third-order valence-corrected chi connectivity index (χ3v) is 4.63. The lowest BCUT2D eigenvalue weighted by molar-refractivity contribution is -0.145. The molecule has 1 aromatic carbocycles. The van der Waals surface area contributed by atoms with Gasteiger partial charge in [0, 0.05) is 5.02 Å². The van der Waals surface area contributed by atoms with E-state index in [9.17, 15) is 14.7 Å². The van der Waals surface area contributed by atoms with Crippen molar-refractivity contribution in [2.75, 3.05) is 5.32 Å². The lowest BCUT2D eigenvalue weighted by atomic mass is 9.95. The van der Waals surface area contributed by atoms with Gasteiger partial charge >= 0.3 is 5.97 Å². The van der Waals surface area contributed by atoms with Crippen LogP contribution in [0.25, 0.3) is 0 Å². The van der Waals surface area contributed by atoms with E-state index in [4.69, 9.17) is 23.2 Å². The van der Waals surface area contributed by atoms with Crippen molar-refractivity contribution in [3.63, 3.8) is 0 Å². The number of aliphatic carboxylic acids is 1. The predicted octanol–water partition coefficient (Wildman–Crippen LogP) is 4.07. The minimum atomic E-state index is -0.909. The molecule has 1 aliphatic rings. The van der Waals surface area contributed by atoms with E-state index in [1.54, 1.807) is 12.1 Å². The van der Waals surface area contributed by atoms with Crippen LogP contribution in [0.3, 0.4) is 0 Å². The standard InChI is InChI=1S/C15H17Cl2NO3/c1-2-8-5-10(11(6-8)15(20)21)14(19)18-13-4-3-9(16)7-12(13)17/h3-4,7-8,10-11H,2,5-6H2,1H3,(H,18,19)(H,20,21). The van der Waals surface area contributed by atoms with Crippen molar-refractivity contribution in [3.8, 4) is 0 Å². The molecule has 1 aliphatic carbocycles. The van der Waals surface area contributed by atoms with Gasteiger partial charge in [0.2, 0.25) is 5.91 Å². The van der Waals surface area contributed by atoms with E-state index < -0.39 is 17.8 Å². The van der Waals surface area contributed by atoms with Gasteiger partial charge in [0.1, 0.15) is 0 Å². The molecule has 0 bridgehead atoms. The second-order valence-corrected chi connectivity index (χ2v) is 6.25. The molecule has 0 heterocycles. The largest absolute Gasteiger partial charge is 0.481 e. The Labute approximate surface area is 133 Å². The Morgan fingerprint density at radius 3 is 2.52 bits per heavy atom. The van der Waals surface area contributed by atoms with Crippen molar-refractivity contribution in [3.05, 3.63) is 28.2 Å². The molecule has 3 unspecified atom stereocenters. The summed E-state index contributed by atoms with van der Waals surface area (Å²) in [5.41, 5.74) is 0.454. The van der Waals surface area contributed by atoms with E-state index in [2.05, 4.69) is 5.32 Å². The number of rotatable bonds is 4. The second-order valence-electron chi connectivity index (χ2n) is 5.41. The first-order chi connectivity index (χ1) is 9.92. The van der Waals surface area contributed by atoms with Crippen LogP contribution in [-0.4, -0.2) is 17.0 Å². The number of nitrogens with one attached hydrogen (secondary N) is 1. The molecule has 114 valence electrons. The molecule has 3 atom stereocenters. The first kappa shape index (κ1) is 16.1. The summed E-state index contributed by atoms with van der Waals surface area (Å²) in [6.07, 6.45) is 2.04. The molecule has 6 heteroatoms. The molecule has 1 amide bonds.